The number of nitrogen functional groups attached to an aromatic ring is 1. The van der Waals surface area contributed by atoms with Crippen molar-refractivity contribution < 1.29 is 19.1 Å². The van der Waals surface area contributed by atoms with Crippen LogP contribution in [0.2, 0.25) is 0 Å². The van der Waals surface area contributed by atoms with Crippen LogP contribution in [0.5, 0.6) is 0 Å². The van der Waals surface area contributed by atoms with Gasteiger partial charge in [-0.05, 0) is 36.4 Å². The number of nitrogens with zero attached hydrogens (tertiary/aromatic N) is 3. The number of carbonyl (C=O) groups excluding carboxylic acids is 3. The highest BCUT2D eigenvalue weighted by Crippen LogP contribution is 2.23. The summed E-state index contributed by atoms with van der Waals surface area (Å²) in [6.45, 7) is 1.98. The Balaban J connectivity index is 1.52. The minimum atomic E-state index is -0.489. The molecule has 0 aliphatic carbocycles. The molecule has 2 amide bonds. The molecule has 9 heteroatoms. The van der Waals surface area contributed by atoms with Crippen LogP contribution in [0.15, 0.2) is 48.8 Å². The Kier molecular flexibility index (Phi) is 4.63. The van der Waals surface area contributed by atoms with E-state index in [0.717, 1.165) is 0 Å². The van der Waals surface area contributed by atoms with E-state index in [9.17, 15) is 14.4 Å². The van der Waals surface area contributed by atoms with Gasteiger partial charge in [0.25, 0.3) is 0 Å². The van der Waals surface area contributed by atoms with Gasteiger partial charge in [-0.3, -0.25) is 18.9 Å². The van der Waals surface area contributed by atoms with E-state index < -0.39 is 12.2 Å². The fourth-order valence-electron chi connectivity index (χ4n) is 3.20. The van der Waals surface area contributed by atoms with E-state index in [4.69, 9.17) is 10.5 Å². The number of hydrogen-bond donors (Lipinski definition) is 2. The van der Waals surface area contributed by atoms with E-state index in [1.54, 1.807) is 47.0 Å². The van der Waals surface area contributed by atoms with Crippen molar-refractivity contribution in [2.45, 2.75) is 13.0 Å². The molecule has 0 bridgehead atoms. The maximum Gasteiger partial charge on any atom is 0.414 e. The molecule has 148 valence electrons. The second-order valence-corrected chi connectivity index (χ2v) is 6.76. The van der Waals surface area contributed by atoms with Crippen molar-refractivity contribution in [3.63, 3.8) is 0 Å². The smallest absolute Gasteiger partial charge is 0.414 e. The van der Waals surface area contributed by atoms with Crippen LogP contribution >= 0.6 is 0 Å². The number of ketones is 1. The molecule has 1 aliphatic heterocycles. The number of anilines is 2. The molecule has 3 aromatic rings. The number of aromatic nitrogens is 2. The van der Waals surface area contributed by atoms with E-state index >= 15 is 0 Å². The average Bonchev–Trinajstić information content (AvgIpc) is 3.29. The molecule has 1 aromatic carbocycles. The molecular weight excluding hydrogens is 374 g/mol. The summed E-state index contributed by atoms with van der Waals surface area (Å²) in [5.74, 6) is -0.390. The first kappa shape index (κ1) is 18.5. The molecule has 9 nitrogen and oxygen atoms in total. The number of hydrogen-bond acceptors (Lipinski definition) is 6. The molecule has 2 aromatic heterocycles. The number of imidazole rings is 1. The average molecular weight is 393 g/mol. The van der Waals surface area contributed by atoms with Gasteiger partial charge in [-0.25, -0.2) is 9.78 Å². The van der Waals surface area contributed by atoms with Gasteiger partial charge in [-0.2, -0.15) is 0 Å². The maximum atomic E-state index is 12.9. The van der Waals surface area contributed by atoms with Gasteiger partial charge < -0.3 is 15.8 Å². The minimum absolute atomic E-state index is 0.184. The number of fused-ring (bicyclic) bond motifs is 1. The monoisotopic (exact) mass is 393 g/mol. The third-order valence-corrected chi connectivity index (χ3v) is 4.66. The lowest BCUT2D eigenvalue weighted by molar-refractivity contribution is -0.119. The number of cyclic esters (lactones) is 1. The van der Waals surface area contributed by atoms with Gasteiger partial charge >= 0.3 is 6.09 Å². The van der Waals surface area contributed by atoms with Crippen molar-refractivity contribution in [1.82, 2.24) is 14.7 Å². The lowest BCUT2D eigenvalue weighted by atomic mass is 10.1. The van der Waals surface area contributed by atoms with Gasteiger partial charge in [0.1, 0.15) is 17.4 Å². The first-order valence-electron chi connectivity index (χ1n) is 9.02. The molecule has 1 aliphatic rings. The number of nitrogens with two attached hydrogens (primary N) is 1. The first-order valence-corrected chi connectivity index (χ1v) is 9.02. The quantitative estimate of drug-likeness (QED) is 0.636. The van der Waals surface area contributed by atoms with Crippen molar-refractivity contribution in [2.24, 2.45) is 0 Å². The first-order chi connectivity index (χ1) is 13.9. The lowest BCUT2D eigenvalue weighted by Crippen LogP contribution is -2.33. The molecular formula is C20H19N5O4. The predicted molar refractivity (Wildman–Crippen MR) is 106 cm³/mol. The normalized spacial score (nSPS) is 16.1. The highest BCUT2D eigenvalue weighted by atomic mass is 16.6. The minimum Gasteiger partial charge on any atom is -0.442 e. The summed E-state index contributed by atoms with van der Waals surface area (Å²) in [5.41, 5.74) is 8.44. The van der Waals surface area contributed by atoms with Crippen molar-refractivity contribution >= 4 is 34.8 Å². The van der Waals surface area contributed by atoms with Gasteiger partial charge in [0, 0.05) is 30.1 Å². The Morgan fingerprint density at radius 1 is 1.24 bits per heavy atom. The zero-order valence-electron chi connectivity index (χ0n) is 15.7. The summed E-state index contributed by atoms with van der Waals surface area (Å²) >= 11 is 0. The van der Waals surface area contributed by atoms with Gasteiger partial charge in [-0.1, -0.05) is 0 Å². The summed E-state index contributed by atoms with van der Waals surface area (Å²) in [4.78, 5) is 41.7. The van der Waals surface area contributed by atoms with Crippen LogP contribution in [0, 0.1) is 0 Å². The predicted octanol–water partition coefficient (Wildman–Crippen LogP) is 1.61. The lowest BCUT2D eigenvalue weighted by Gasteiger charge is -2.13. The van der Waals surface area contributed by atoms with Crippen LogP contribution in [0.4, 0.5) is 16.2 Å². The number of pyridine rings is 1. The third kappa shape index (κ3) is 3.62. The van der Waals surface area contributed by atoms with Crippen LogP contribution in [-0.4, -0.2) is 46.4 Å². The number of nitrogens with one attached hydrogen (secondary N) is 1. The molecule has 0 unspecified atom stereocenters. The highest BCUT2D eigenvalue weighted by Gasteiger charge is 2.32. The van der Waals surface area contributed by atoms with Crippen LogP contribution in [0.25, 0.3) is 5.65 Å². The zero-order chi connectivity index (χ0) is 20.5. The fraction of sp³-hybridized carbons (Fsp3) is 0.200. The summed E-state index contributed by atoms with van der Waals surface area (Å²) < 4.78 is 6.91. The second-order valence-electron chi connectivity index (χ2n) is 6.76. The van der Waals surface area contributed by atoms with E-state index in [-0.39, 0.29) is 18.2 Å². The van der Waals surface area contributed by atoms with Crippen molar-refractivity contribution in [3.8, 4) is 0 Å². The van der Waals surface area contributed by atoms with E-state index in [0.29, 0.717) is 34.8 Å². The highest BCUT2D eigenvalue weighted by molar-refractivity contribution is 6.08. The fourth-order valence-corrected chi connectivity index (χ4v) is 3.20. The standard InChI is InChI=1S/C20H19N5O4/c1-12(26)22-8-16-11-24(20(28)29-16)15-5-2-13(3-6-15)19(27)17-9-23-18-7-4-14(21)10-25(17)18/h2-7,9-10,16H,8,11,21H2,1H3,(H,22,26)/t16-/m0/s1. The summed E-state index contributed by atoms with van der Waals surface area (Å²) in [6, 6.07) is 10.1. The molecule has 0 spiro atoms. The van der Waals surface area contributed by atoms with Crippen LogP contribution in [0.3, 0.4) is 0 Å². The number of amides is 2. The second kappa shape index (κ2) is 7.27. The van der Waals surface area contributed by atoms with Crippen molar-refractivity contribution in [2.75, 3.05) is 23.7 Å². The molecule has 0 radical (unpaired) electrons. The van der Waals surface area contributed by atoms with Crippen LogP contribution < -0.4 is 16.0 Å². The van der Waals surface area contributed by atoms with Gasteiger partial charge in [0.15, 0.2) is 0 Å². The Bertz CT molecular complexity index is 1110. The molecule has 1 atom stereocenters. The van der Waals surface area contributed by atoms with E-state index in [1.165, 1.54) is 18.0 Å². The summed E-state index contributed by atoms with van der Waals surface area (Å²) in [7, 11) is 0. The SMILES string of the molecule is CC(=O)NC[C@H]1CN(c2ccc(C(=O)c3cnc4ccc(N)cn34)cc2)C(=O)O1. The van der Waals surface area contributed by atoms with Crippen molar-refractivity contribution in [1.29, 1.82) is 0 Å². The molecule has 4 rings (SSSR count). The zero-order valence-corrected chi connectivity index (χ0v) is 15.7. The molecule has 3 N–H and O–H groups in total. The Morgan fingerprint density at radius 3 is 2.72 bits per heavy atom. The molecule has 0 saturated carbocycles. The summed E-state index contributed by atoms with van der Waals surface area (Å²) in [6.07, 6.45) is 2.25. The molecule has 1 saturated heterocycles. The summed E-state index contributed by atoms with van der Waals surface area (Å²) in [5, 5.41) is 2.63. The Labute approximate surface area is 166 Å². The Morgan fingerprint density at radius 2 is 2.00 bits per heavy atom. The van der Waals surface area contributed by atoms with Crippen molar-refractivity contribution in [3.05, 3.63) is 60.0 Å². The molecule has 29 heavy (non-hydrogen) atoms. The number of rotatable bonds is 5. The van der Waals surface area contributed by atoms with Crippen LogP contribution in [-0.2, 0) is 9.53 Å². The van der Waals surface area contributed by atoms with Gasteiger partial charge in [0.2, 0.25) is 11.7 Å². The van der Waals surface area contributed by atoms with Crippen LogP contribution in [0.1, 0.15) is 23.0 Å². The van der Waals surface area contributed by atoms with E-state index in [1.807, 2.05) is 0 Å². The number of ether oxygens (including phenoxy) is 1. The maximum absolute atomic E-state index is 12.9. The molecule has 3 heterocycles. The number of benzene rings is 1. The topological polar surface area (TPSA) is 119 Å². The third-order valence-electron chi connectivity index (χ3n) is 4.66. The van der Waals surface area contributed by atoms with Gasteiger partial charge in [0.05, 0.1) is 19.3 Å². The number of carbonyl (C=O) groups is 3. The van der Waals surface area contributed by atoms with Gasteiger partial charge in [-0.15, -0.1) is 0 Å². The van der Waals surface area contributed by atoms with E-state index in [2.05, 4.69) is 10.3 Å². The Hall–Kier alpha value is -3.88. The largest absolute Gasteiger partial charge is 0.442 e. The molecule has 1 fully saturated rings.